The molecular weight excluding hydrogens is 290 g/mol. The molecule has 122 valence electrons. The van der Waals surface area contributed by atoms with Gasteiger partial charge in [0.05, 0.1) is 13.2 Å². The van der Waals surface area contributed by atoms with E-state index in [1.54, 1.807) is 13.3 Å². The molecular formula is C18H23N3O2. The van der Waals surface area contributed by atoms with Crippen molar-refractivity contribution in [1.82, 2.24) is 14.5 Å². The molecule has 2 heterocycles. The lowest BCUT2D eigenvalue weighted by Crippen LogP contribution is -2.31. The fourth-order valence-corrected chi connectivity index (χ4v) is 3.33. The Balaban J connectivity index is 1.71. The first-order valence-corrected chi connectivity index (χ1v) is 8.11. The number of ether oxygens (including phenoxy) is 1. The third-order valence-electron chi connectivity index (χ3n) is 4.56. The predicted molar refractivity (Wildman–Crippen MR) is 88.3 cm³/mol. The third-order valence-corrected chi connectivity index (χ3v) is 4.56. The molecule has 1 fully saturated rings. The fourth-order valence-electron chi connectivity index (χ4n) is 3.33. The highest BCUT2D eigenvalue weighted by atomic mass is 16.5. The lowest BCUT2D eigenvalue weighted by molar-refractivity contribution is -0.132. The number of hydrogen-bond acceptors (Lipinski definition) is 3. The normalized spacial score (nSPS) is 17.5. The van der Waals surface area contributed by atoms with Gasteiger partial charge in [-0.25, -0.2) is 4.98 Å². The minimum atomic E-state index is 0.127. The average molecular weight is 313 g/mol. The summed E-state index contributed by atoms with van der Waals surface area (Å²) in [5, 5.41) is 0. The van der Waals surface area contributed by atoms with E-state index in [1.165, 1.54) is 0 Å². The number of imidazole rings is 1. The second-order valence-electron chi connectivity index (χ2n) is 5.90. The molecule has 2 aromatic rings. The van der Waals surface area contributed by atoms with Crippen molar-refractivity contribution >= 4 is 5.91 Å². The van der Waals surface area contributed by atoms with Crippen LogP contribution in [0.15, 0.2) is 36.7 Å². The number of methoxy groups -OCH3 is 1. The Bertz CT molecular complexity index is 680. The summed E-state index contributed by atoms with van der Waals surface area (Å²) in [6.07, 6.45) is 6.23. The van der Waals surface area contributed by atoms with Gasteiger partial charge in [0.25, 0.3) is 0 Å². The van der Waals surface area contributed by atoms with Crippen molar-refractivity contribution in [2.75, 3.05) is 13.7 Å². The SMILES string of the molecule is COc1ccccc1C1CCCN1C(=O)CCn1ccnc1C. The van der Waals surface area contributed by atoms with Crippen molar-refractivity contribution in [1.29, 1.82) is 0 Å². The van der Waals surface area contributed by atoms with Crippen LogP contribution in [0.25, 0.3) is 0 Å². The van der Waals surface area contributed by atoms with Gasteiger partial charge in [0.1, 0.15) is 11.6 Å². The average Bonchev–Trinajstić information content (AvgIpc) is 3.21. The minimum Gasteiger partial charge on any atom is -0.496 e. The van der Waals surface area contributed by atoms with E-state index in [0.717, 1.165) is 36.5 Å². The van der Waals surface area contributed by atoms with Crippen LogP contribution in [-0.2, 0) is 11.3 Å². The van der Waals surface area contributed by atoms with E-state index in [1.807, 2.05) is 40.8 Å². The zero-order valence-corrected chi connectivity index (χ0v) is 13.7. The Morgan fingerprint density at radius 2 is 2.22 bits per heavy atom. The molecule has 0 N–H and O–H groups in total. The van der Waals surface area contributed by atoms with E-state index in [9.17, 15) is 4.79 Å². The molecule has 1 atom stereocenters. The maximum absolute atomic E-state index is 12.7. The molecule has 1 unspecified atom stereocenters. The van der Waals surface area contributed by atoms with Gasteiger partial charge in [-0.2, -0.15) is 0 Å². The monoisotopic (exact) mass is 313 g/mol. The summed E-state index contributed by atoms with van der Waals surface area (Å²) < 4.78 is 7.49. The molecule has 1 aliphatic rings. The summed E-state index contributed by atoms with van der Waals surface area (Å²) in [5.74, 6) is 2.01. The Morgan fingerprint density at radius 3 is 2.96 bits per heavy atom. The Labute approximate surface area is 136 Å². The maximum Gasteiger partial charge on any atom is 0.224 e. The van der Waals surface area contributed by atoms with Gasteiger partial charge in [0, 0.05) is 37.5 Å². The minimum absolute atomic E-state index is 0.127. The van der Waals surface area contributed by atoms with Crippen LogP contribution in [0.5, 0.6) is 5.75 Å². The zero-order chi connectivity index (χ0) is 16.2. The number of carbonyl (C=O) groups excluding carboxylic acids is 1. The largest absolute Gasteiger partial charge is 0.496 e. The number of benzene rings is 1. The molecule has 5 heteroatoms. The standard InChI is InChI=1S/C18H23N3O2/c1-14-19-10-13-20(14)12-9-18(22)21-11-5-7-16(21)15-6-3-4-8-17(15)23-2/h3-4,6,8,10,13,16H,5,7,9,11-12H2,1-2H3. The quantitative estimate of drug-likeness (QED) is 0.852. The van der Waals surface area contributed by atoms with Crippen molar-refractivity contribution in [3.63, 3.8) is 0 Å². The molecule has 0 radical (unpaired) electrons. The molecule has 23 heavy (non-hydrogen) atoms. The molecule has 5 nitrogen and oxygen atoms in total. The molecule has 0 aliphatic carbocycles. The first kappa shape index (κ1) is 15.6. The number of aryl methyl sites for hydroxylation is 2. The highest BCUT2D eigenvalue weighted by Crippen LogP contribution is 2.37. The summed E-state index contributed by atoms with van der Waals surface area (Å²) in [4.78, 5) is 18.9. The van der Waals surface area contributed by atoms with E-state index in [2.05, 4.69) is 11.1 Å². The number of amides is 1. The lowest BCUT2D eigenvalue weighted by Gasteiger charge is -2.26. The first-order valence-electron chi connectivity index (χ1n) is 8.11. The fraction of sp³-hybridized carbons (Fsp3) is 0.444. The van der Waals surface area contributed by atoms with Crippen LogP contribution in [0.2, 0.25) is 0 Å². The number of hydrogen-bond donors (Lipinski definition) is 0. The molecule has 1 aromatic heterocycles. The van der Waals surface area contributed by atoms with Gasteiger partial charge in [-0.1, -0.05) is 18.2 Å². The van der Waals surface area contributed by atoms with Crippen molar-refractivity contribution in [3.8, 4) is 5.75 Å². The molecule has 1 saturated heterocycles. The lowest BCUT2D eigenvalue weighted by atomic mass is 10.0. The van der Waals surface area contributed by atoms with Crippen molar-refractivity contribution in [2.24, 2.45) is 0 Å². The van der Waals surface area contributed by atoms with Crippen molar-refractivity contribution in [2.45, 2.75) is 38.8 Å². The predicted octanol–water partition coefficient (Wildman–Crippen LogP) is 2.95. The van der Waals surface area contributed by atoms with E-state index < -0.39 is 0 Å². The van der Waals surface area contributed by atoms with Crippen LogP contribution in [0.4, 0.5) is 0 Å². The number of rotatable bonds is 5. The van der Waals surface area contributed by atoms with Crippen LogP contribution < -0.4 is 4.74 Å². The Morgan fingerprint density at radius 1 is 1.39 bits per heavy atom. The second-order valence-corrected chi connectivity index (χ2v) is 5.90. The van der Waals surface area contributed by atoms with Gasteiger partial charge in [0.15, 0.2) is 0 Å². The molecule has 1 aromatic carbocycles. The number of nitrogens with zero attached hydrogens (tertiary/aromatic N) is 3. The number of carbonyl (C=O) groups is 1. The number of para-hydroxylation sites is 1. The molecule has 1 aliphatic heterocycles. The molecule has 3 rings (SSSR count). The van der Waals surface area contributed by atoms with Gasteiger partial charge in [-0.05, 0) is 25.8 Å². The number of likely N-dealkylation sites (tertiary alicyclic amines) is 1. The maximum atomic E-state index is 12.7. The molecule has 0 spiro atoms. The summed E-state index contributed by atoms with van der Waals surface area (Å²) in [6.45, 7) is 3.46. The zero-order valence-electron chi connectivity index (χ0n) is 13.7. The highest BCUT2D eigenvalue weighted by Gasteiger charge is 2.31. The van der Waals surface area contributed by atoms with E-state index in [0.29, 0.717) is 13.0 Å². The summed E-state index contributed by atoms with van der Waals surface area (Å²) >= 11 is 0. The van der Waals surface area contributed by atoms with E-state index >= 15 is 0 Å². The van der Waals surface area contributed by atoms with Gasteiger partial charge in [-0.3, -0.25) is 4.79 Å². The Hall–Kier alpha value is -2.30. The highest BCUT2D eigenvalue weighted by molar-refractivity contribution is 5.77. The number of aromatic nitrogens is 2. The van der Waals surface area contributed by atoms with Gasteiger partial charge >= 0.3 is 0 Å². The van der Waals surface area contributed by atoms with Crippen molar-refractivity contribution in [3.05, 3.63) is 48.0 Å². The topological polar surface area (TPSA) is 47.4 Å². The van der Waals surface area contributed by atoms with Crippen molar-refractivity contribution < 1.29 is 9.53 Å². The van der Waals surface area contributed by atoms with Crippen LogP contribution in [0, 0.1) is 6.92 Å². The van der Waals surface area contributed by atoms with E-state index in [-0.39, 0.29) is 11.9 Å². The van der Waals surface area contributed by atoms with Gasteiger partial charge in [-0.15, -0.1) is 0 Å². The second kappa shape index (κ2) is 6.86. The van der Waals surface area contributed by atoms with Gasteiger partial charge < -0.3 is 14.2 Å². The molecule has 0 bridgehead atoms. The smallest absolute Gasteiger partial charge is 0.224 e. The summed E-state index contributed by atoms with van der Waals surface area (Å²) in [6, 6.07) is 8.13. The van der Waals surface area contributed by atoms with E-state index in [4.69, 9.17) is 4.74 Å². The Kier molecular flexibility index (Phi) is 4.65. The van der Waals surface area contributed by atoms with Crippen LogP contribution >= 0.6 is 0 Å². The summed E-state index contributed by atoms with van der Waals surface area (Å²) in [7, 11) is 1.68. The van der Waals surface area contributed by atoms with Crippen LogP contribution in [-0.4, -0.2) is 34.0 Å². The van der Waals surface area contributed by atoms with Crippen LogP contribution in [0.1, 0.15) is 36.7 Å². The first-order chi connectivity index (χ1) is 11.2. The molecule has 0 saturated carbocycles. The van der Waals surface area contributed by atoms with Gasteiger partial charge in [0.2, 0.25) is 5.91 Å². The third kappa shape index (κ3) is 3.23. The van der Waals surface area contributed by atoms with Crippen LogP contribution in [0.3, 0.4) is 0 Å². The summed E-state index contributed by atoms with van der Waals surface area (Å²) in [5.41, 5.74) is 1.11. The molecule has 1 amide bonds.